The van der Waals surface area contributed by atoms with Crippen molar-refractivity contribution in [2.75, 3.05) is 5.73 Å². The molecule has 1 aromatic heterocycles. The molecule has 1 heterocycles. The van der Waals surface area contributed by atoms with Crippen LogP contribution in [0.1, 0.15) is 5.56 Å². The Bertz CT molecular complexity index is 662. The molecule has 4 nitrogen and oxygen atoms in total. The average Bonchev–Trinajstić information content (AvgIpc) is 2.77. The fourth-order valence-electron chi connectivity index (χ4n) is 1.48. The maximum atomic E-state index is 13.5. The SMILES string of the molecule is Nc1cc(F)c(S(=O)(=O)NCc2ccsc2)c(F)c1. The van der Waals surface area contributed by atoms with E-state index in [4.69, 9.17) is 5.73 Å². The Hall–Kier alpha value is -1.51. The monoisotopic (exact) mass is 304 g/mol. The van der Waals surface area contributed by atoms with Gasteiger partial charge in [-0.15, -0.1) is 0 Å². The zero-order valence-corrected chi connectivity index (χ0v) is 11.2. The lowest BCUT2D eigenvalue weighted by Gasteiger charge is -2.08. The molecule has 3 N–H and O–H groups in total. The van der Waals surface area contributed by atoms with Crippen LogP contribution in [-0.2, 0) is 16.6 Å². The molecule has 102 valence electrons. The summed E-state index contributed by atoms with van der Waals surface area (Å²) in [4.78, 5) is -1.02. The smallest absolute Gasteiger partial charge is 0.246 e. The summed E-state index contributed by atoms with van der Waals surface area (Å²) in [7, 11) is -4.27. The number of halogens is 2. The lowest BCUT2D eigenvalue weighted by atomic mass is 10.3. The molecule has 19 heavy (non-hydrogen) atoms. The van der Waals surface area contributed by atoms with Gasteiger partial charge in [0.15, 0.2) is 4.90 Å². The highest BCUT2D eigenvalue weighted by Gasteiger charge is 2.24. The first-order valence-corrected chi connectivity index (χ1v) is 7.58. The van der Waals surface area contributed by atoms with E-state index in [0.717, 1.165) is 12.1 Å². The number of hydrogen-bond acceptors (Lipinski definition) is 4. The molecule has 0 saturated carbocycles. The van der Waals surface area contributed by atoms with Crippen LogP contribution in [0.3, 0.4) is 0 Å². The van der Waals surface area contributed by atoms with Crippen molar-refractivity contribution < 1.29 is 17.2 Å². The zero-order valence-electron chi connectivity index (χ0n) is 9.56. The Morgan fingerprint density at radius 1 is 1.26 bits per heavy atom. The van der Waals surface area contributed by atoms with E-state index < -0.39 is 26.6 Å². The minimum absolute atomic E-state index is 0.0326. The normalized spacial score (nSPS) is 11.7. The van der Waals surface area contributed by atoms with Gasteiger partial charge in [-0.3, -0.25) is 0 Å². The number of nitrogens with two attached hydrogens (primary N) is 1. The van der Waals surface area contributed by atoms with Gasteiger partial charge in [-0.1, -0.05) is 0 Å². The Balaban J connectivity index is 2.29. The predicted molar refractivity (Wildman–Crippen MR) is 69.1 cm³/mol. The van der Waals surface area contributed by atoms with Crippen LogP contribution in [0.25, 0.3) is 0 Å². The van der Waals surface area contributed by atoms with Crippen LogP contribution in [0, 0.1) is 11.6 Å². The van der Waals surface area contributed by atoms with E-state index in [2.05, 4.69) is 4.72 Å². The van der Waals surface area contributed by atoms with E-state index in [0.29, 0.717) is 5.56 Å². The number of rotatable bonds is 4. The highest BCUT2D eigenvalue weighted by atomic mass is 32.2. The number of nitrogens with one attached hydrogen (secondary N) is 1. The summed E-state index contributed by atoms with van der Waals surface area (Å²) in [6, 6.07) is 3.24. The molecule has 0 saturated heterocycles. The van der Waals surface area contributed by atoms with Crippen molar-refractivity contribution in [1.82, 2.24) is 4.72 Å². The molecule has 0 amide bonds. The third-order valence-electron chi connectivity index (χ3n) is 2.34. The van der Waals surface area contributed by atoms with Crippen molar-refractivity contribution in [1.29, 1.82) is 0 Å². The summed E-state index contributed by atoms with van der Waals surface area (Å²) >= 11 is 1.39. The van der Waals surface area contributed by atoms with Crippen molar-refractivity contribution in [3.63, 3.8) is 0 Å². The fourth-order valence-corrected chi connectivity index (χ4v) is 3.28. The minimum Gasteiger partial charge on any atom is -0.399 e. The molecule has 0 aliphatic rings. The lowest BCUT2D eigenvalue weighted by molar-refractivity contribution is 0.514. The third kappa shape index (κ3) is 3.09. The van der Waals surface area contributed by atoms with Crippen molar-refractivity contribution >= 4 is 27.0 Å². The average molecular weight is 304 g/mol. The van der Waals surface area contributed by atoms with Gasteiger partial charge in [-0.05, 0) is 34.5 Å². The van der Waals surface area contributed by atoms with Gasteiger partial charge < -0.3 is 5.73 Å². The quantitative estimate of drug-likeness (QED) is 0.850. The molecule has 0 aliphatic heterocycles. The predicted octanol–water partition coefficient (Wildman–Crippen LogP) is 2.09. The van der Waals surface area contributed by atoms with Crippen LogP contribution < -0.4 is 10.5 Å². The second-order valence-corrected chi connectivity index (χ2v) is 6.25. The molecule has 0 unspecified atom stereocenters. The zero-order chi connectivity index (χ0) is 14.0. The first-order valence-electron chi connectivity index (χ1n) is 5.15. The van der Waals surface area contributed by atoms with E-state index in [-0.39, 0.29) is 12.2 Å². The number of thiophene rings is 1. The highest BCUT2D eigenvalue weighted by Crippen LogP contribution is 2.21. The fraction of sp³-hybridized carbons (Fsp3) is 0.0909. The van der Waals surface area contributed by atoms with E-state index in [9.17, 15) is 17.2 Å². The van der Waals surface area contributed by atoms with Crippen molar-refractivity contribution in [3.05, 3.63) is 46.2 Å². The van der Waals surface area contributed by atoms with Crippen molar-refractivity contribution in [3.8, 4) is 0 Å². The molecule has 2 rings (SSSR count). The van der Waals surface area contributed by atoms with Gasteiger partial charge in [0.25, 0.3) is 0 Å². The van der Waals surface area contributed by atoms with E-state index in [1.165, 1.54) is 11.3 Å². The van der Waals surface area contributed by atoms with Gasteiger partial charge in [0.05, 0.1) is 0 Å². The lowest BCUT2D eigenvalue weighted by Crippen LogP contribution is -2.25. The molecular formula is C11H10F2N2O2S2. The van der Waals surface area contributed by atoms with Crippen LogP contribution in [0.4, 0.5) is 14.5 Å². The Morgan fingerprint density at radius 3 is 2.42 bits per heavy atom. The number of nitrogen functional groups attached to an aromatic ring is 1. The van der Waals surface area contributed by atoms with Crippen LogP contribution in [0.15, 0.2) is 33.9 Å². The van der Waals surface area contributed by atoms with Crippen LogP contribution in [0.5, 0.6) is 0 Å². The summed E-state index contributed by atoms with van der Waals surface area (Å²) in [5, 5.41) is 3.51. The molecule has 1 aromatic carbocycles. The maximum absolute atomic E-state index is 13.5. The van der Waals surface area contributed by atoms with E-state index in [1.54, 1.807) is 16.8 Å². The molecule has 0 fully saturated rings. The number of anilines is 1. The van der Waals surface area contributed by atoms with Crippen LogP contribution >= 0.6 is 11.3 Å². The summed E-state index contributed by atoms with van der Waals surface area (Å²) in [5.41, 5.74) is 5.77. The first-order chi connectivity index (χ1) is 8.90. The summed E-state index contributed by atoms with van der Waals surface area (Å²) < 4.78 is 52.9. The molecule has 0 atom stereocenters. The standard InChI is InChI=1S/C11H10F2N2O2S2/c12-9-3-8(14)4-10(13)11(9)19(16,17)15-5-7-1-2-18-6-7/h1-4,6,15H,5,14H2. The number of sulfonamides is 1. The third-order valence-corrected chi connectivity index (χ3v) is 4.52. The van der Waals surface area contributed by atoms with Crippen LogP contribution in [0.2, 0.25) is 0 Å². The maximum Gasteiger partial charge on any atom is 0.246 e. The second-order valence-electron chi connectivity index (χ2n) is 3.77. The largest absolute Gasteiger partial charge is 0.399 e. The number of benzene rings is 1. The topological polar surface area (TPSA) is 72.2 Å². The minimum atomic E-state index is -4.27. The highest BCUT2D eigenvalue weighted by molar-refractivity contribution is 7.89. The second kappa shape index (κ2) is 5.24. The summed E-state index contributed by atoms with van der Waals surface area (Å²) in [5.74, 6) is -2.43. The Morgan fingerprint density at radius 2 is 1.89 bits per heavy atom. The number of hydrogen-bond donors (Lipinski definition) is 2. The molecule has 0 spiro atoms. The molecule has 0 radical (unpaired) electrons. The molecule has 2 aromatic rings. The molecule has 8 heteroatoms. The van der Waals surface area contributed by atoms with E-state index in [1.807, 2.05) is 0 Å². The Labute approximate surface area is 112 Å². The molecule has 0 bridgehead atoms. The summed E-state index contributed by atoms with van der Waals surface area (Å²) in [6.07, 6.45) is 0. The molecule has 0 aliphatic carbocycles. The van der Waals surface area contributed by atoms with E-state index >= 15 is 0 Å². The summed E-state index contributed by atoms with van der Waals surface area (Å²) in [6.45, 7) is -0.0326. The molecular weight excluding hydrogens is 294 g/mol. The Kier molecular flexibility index (Phi) is 3.83. The van der Waals surface area contributed by atoms with Gasteiger partial charge in [0.2, 0.25) is 10.0 Å². The van der Waals surface area contributed by atoms with Gasteiger partial charge in [-0.25, -0.2) is 21.9 Å². The van der Waals surface area contributed by atoms with Crippen LogP contribution in [-0.4, -0.2) is 8.42 Å². The van der Waals surface area contributed by atoms with Crippen molar-refractivity contribution in [2.45, 2.75) is 11.4 Å². The van der Waals surface area contributed by atoms with Gasteiger partial charge in [-0.2, -0.15) is 11.3 Å². The van der Waals surface area contributed by atoms with Gasteiger partial charge in [0, 0.05) is 12.2 Å². The van der Waals surface area contributed by atoms with Gasteiger partial charge >= 0.3 is 0 Å². The first kappa shape index (κ1) is 13.9. The van der Waals surface area contributed by atoms with Gasteiger partial charge in [0.1, 0.15) is 11.6 Å². The van der Waals surface area contributed by atoms with Crippen molar-refractivity contribution in [2.24, 2.45) is 0 Å².